The Balaban J connectivity index is 1.67. The van der Waals surface area contributed by atoms with Crippen molar-refractivity contribution in [1.29, 1.82) is 0 Å². The Morgan fingerprint density at radius 3 is 2.74 bits per heavy atom. The van der Waals surface area contributed by atoms with Crippen LogP contribution < -0.4 is 5.32 Å². The van der Waals surface area contributed by atoms with E-state index < -0.39 is 6.10 Å². The molecule has 1 atom stereocenters. The average molecular weight is 327 g/mol. The molecule has 0 aliphatic rings. The highest BCUT2D eigenvalue weighted by atomic mass is 32.1. The van der Waals surface area contributed by atoms with Crippen molar-refractivity contribution in [3.05, 3.63) is 64.5 Å². The first-order valence-electron chi connectivity index (χ1n) is 7.29. The fourth-order valence-electron chi connectivity index (χ4n) is 2.31. The second kappa shape index (κ2) is 6.40. The van der Waals surface area contributed by atoms with Gasteiger partial charge in [0.25, 0.3) is 5.91 Å². The number of benzene rings is 2. The van der Waals surface area contributed by atoms with E-state index in [0.29, 0.717) is 11.1 Å². The first kappa shape index (κ1) is 15.5. The van der Waals surface area contributed by atoms with Crippen LogP contribution in [0.15, 0.2) is 48.5 Å². The van der Waals surface area contributed by atoms with Gasteiger partial charge in [-0.25, -0.2) is 0 Å². The number of thiophene rings is 1. The highest BCUT2D eigenvalue weighted by Gasteiger charge is 2.14. The predicted molar refractivity (Wildman–Crippen MR) is 92.0 cm³/mol. The summed E-state index contributed by atoms with van der Waals surface area (Å²) in [6.07, 6.45) is -0.754. The number of aliphatic hydroxyl groups excluding tert-OH is 1. The van der Waals surface area contributed by atoms with Gasteiger partial charge in [-0.2, -0.15) is 0 Å². The van der Waals surface area contributed by atoms with Crippen molar-refractivity contribution >= 4 is 27.3 Å². The molecule has 0 radical (unpaired) electrons. The van der Waals surface area contributed by atoms with E-state index in [1.807, 2.05) is 30.3 Å². The number of phenolic OH excluding ortho intramolecular Hbond substituents is 1. The van der Waals surface area contributed by atoms with E-state index in [4.69, 9.17) is 0 Å². The molecule has 118 valence electrons. The molecule has 3 rings (SSSR count). The summed E-state index contributed by atoms with van der Waals surface area (Å²) in [6, 6.07) is 14.6. The normalized spacial score (nSPS) is 12.3. The SMILES string of the molecule is Cc1ccc(C(=O)NCC(O)c2cc3ccccc3s2)cc1O. The molecule has 0 aliphatic heterocycles. The molecule has 0 fully saturated rings. The molecule has 1 amide bonds. The molecule has 1 unspecified atom stereocenters. The van der Waals surface area contributed by atoms with E-state index in [9.17, 15) is 15.0 Å². The minimum absolute atomic E-state index is 0.0858. The minimum Gasteiger partial charge on any atom is -0.508 e. The molecule has 0 saturated heterocycles. The third-order valence-corrected chi connectivity index (χ3v) is 4.92. The molecule has 3 N–H and O–H groups in total. The molecule has 1 aromatic heterocycles. The quantitative estimate of drug-likeness (QED) is 0.688. The molecule has 4 nitrogen and oxygen atoms in total. The monoisotopic (exact) mass is 327 g/mol. The van der Waals surface area contributed by atoms with E-state index in [-0.39, 0.29) is 18.2 Å². The number of aliphatic hydroxyl groups is 1. The Morgan fingerprint density at radius 1 is 1.22 bits per heavy atom. The highest BCUT2D eigenvalue weighted by Crippen LogP contribution is 2.29. The standard InChI is InChI=1S/C18H17NO3S/c1-11-6-7-13(8-14(11)20)18(22)19-10-15(21)17-9-12-4-2-3-5-16(12)23-17/h2-9,15,20-21H,10H2,1H3,(H,19,22). The van der Waals surface area contributed by atoms with Gasteiger partial charge in [-0.1, -0.05) is 24.3 Å². The molecule has 0 spiro atoms. The van der Waals surface area contributed by atoms with Gasteiger partial charge >= 0.3 is 0 Å². The number of amides is 1. The number of rotatable bonds is 4. The number of aryl methyl sites for hydroxylation is 1. The van der Waals surface area contributed by atoms with Crippen LogP contribution in [0.25, 0.3) is 10.1 Å². The van der Waals surface area contributed by atoms with Crippen molar-refractivity contribution < 1.29 is 15.0 Å². The summed E-state index contributed by atoms with van der Waals surface area (Å²) in [6.45, 7) is 1.89. The summed E-state index contributed by atoms with van der Waals surface area (Å²) < 4.78 is 1.11. The topological polar surface area (TPSA) is 69.6 Å². The second-order valence-corrected chi connectivity index (χ2v) is 6.53. The van der Waals surface area contributed by atoms with Crippen LogP contribution in [0.5, 0.6) is 5.75 Å². The molecule has 0 bridgehead atoms. The van der Waals surface area contributed by atoms with E-state index >= 15 is 0 Å². The van der Waals surface area contributed by atoms with Gasteiger partial charge in [0.05, 0.1) is 0 Å². The van der Waals surface area contributed by atoms with E-state index in [1.165, 1.54) is 17.4 Å². The number of hydrogen-bond donors (Lipinski definition) is 3. The lowest BCUT2D eigenvalue weighted by Crippen LogP contribution is -2.28. The molecule has 1 heterocycles. The van der Waals surface area contributed by atoms with Crippen LogP contribution in [0.1, 0.15) is 26.9 Å². The van der Waals surface area contributed by atoms with Crippen LogP contribution in [0.4, 0.5) is 0 Å². The van der Waals surface area contributed by atoms with Crippen molar-refractivity contribution in [2.75, 3.05) is 6.54 Å². The van der Waals surface area contributed by atoms with Gasteiger partial charge in [-0.3, -0.25) is 4.79 Å². The van der Waals surface area contributed by atoms with Crippen molar-refractivity contribution in [3.63, 3.8) is 0 Å². The van der Waals surface area contributed by atoms with Crippen LogP contribution in [0, 0.1) is 6.92 Å². The maximum Gasteiger partial charge on any atom is 0.251 e. The maximum atomic E-state index is 12.1. The Hall–Kier alpha value is -2.37. The largest absolute Gasteiger partial charge is 0.508 e. The van der Waals surface area contributed by atoms with E-state index in [0.717, 1.165) is 15.0 Å². The smallest absolute Gasteiger partial charge is 0.251 e. The van der Waals surface area contributed by atoms with Crippen LogP contribution in [-0.2, 0) is 0 Å². The lowest BCUT2D eigenvalue weighted by molar-refractivity contribution is 0.0917. The second-order valence-electron chi connectivity index (χ2n) is 5.41. The zero-order valence-corrected chi connectivity index (χ0v) is 13.4. The molecule has 0 saturated carbocycles. The third-order valence-electron chi connectivity index (χ3n) is 3.70. The Morgan fingerprint density at radius 2 is 2.00 bits per heavy atom. The molecule has 0 aliphatic carbocycles. The number of carbonyl (C=O) groups excluding carboxylic acids is 1. The van der Waals surface area contributed by atoms with Gasteiger partial charge in [0, 0.05) is 21.7 Å². The van der Waals surface area contributed by atoms with Gasteiger partial charge in [-0.05, 0) is 42.1 Å². The molecule has 2 aromatic carbocycles. The Labute approximate surface area is 138 Å². The molecular formula is C18H17NO3S. The zero-order valence-electron chi connectivity index (χ0n) is 12.6. The van der Waals surface area contributed by atoms with Gasteiger partial charge in [0.15, 0.2) is 0 Å². The van der Waals surface area contributed by atoms with Crippen LogP contribution in [-0.4, -0.2) is 22.7 Å². The number of hydrogen-bond acceptors (Lipinski definition) is 4. The van der Waals surface area contributed by atoms with Crippen molar-refractivity contribution in [1.82, 2.24) is 5.32 Å². The summed E-state index contributed by atoms with van der Waals surface area (Å²) in [5.41, 5.74) is 1.09. The van der Waals surface area contributed by atoms with Crippen molar-refractivity contribution in [2.24, 2.45) is 0 Å². The summed E-state index contributed by atoms with van der Waals surface area (Å²) in [4.78, 5) is 12.9. The van der Waals surface area contributed by atoms with Crippen LogP contribution in [0.3, 0.4) is 0 Å². The van der Waals surface area contributed by atoms with Crippen LogP contribution in [0.2, 0.25) is 0 Å². The van der Waals surface area contributed by atoms with E-state index in [2.05, 4.69) is 5.32 Å². The fraction of sp³-hybridized carbons (Fsp3) is 0.167. The summed E-state index contributed by atoms with van der Waals surface area (Å²) in [5, 5.41) is 23.7. The number of carbonyl (C=O) groups is 1. The molecule has 23 heavy (non-hydrogen) atoms. The summed E-state index contributed by atoms with van der Waals surface area (Å²) >= 11 is 1.52. The van der Waals surface area contributed by atoms with Crippen LogP contribution >= 0.6 is 11.3 Å². The number of phenols is 1. The number of nitrogens with one attached hydrogen (secondary N) is 1. The Kier molecular flexibility index (Phi) is 4.32. The highest BCUT2D eigenvalue weighted by molar-refractivity contribution is 7.19. The molecular weight excluding hydrogens is 310 g/mol. The van der Waals surface area contributed by atoms with E-state index in [1.54, 1.807) is 19.1 Å². The zero-order chi connectivity index (χ0) is 16.4. The third kappa shape index (κ3) is 3.36. The predicted octanol–water partition coefficient (Wildman–Crippen LogP) is 3.38. The number of fused-ring (bicyclic) bond motifs is 1. The summed E-state index contributed by atoms with van der Waals surface area (Å²) in [7, 11) is 0. The van der Waals surface area contributed by atoms with Crippen molar-refractivity contribution in [3.8, 4) is 5.75 Å². The van der Waals surface area contributed by atoms with Gasteiger partial charge in [-0.15, -0.1) is 11.3 Å². The van der Waals surface area contributed by atoms with Gasteiger partial charge in [0.2, 0.25) is 0 Å². The molecule has 5 heteroatoms. The first-order valence-corrected chi connectivity index (χ1v) is 8.10. The molecule has 3 aromatic rings. The lowest BCUT2D eigenvalue weighted by Gasteiger charge is -2.10. The minimum atomic E-state index is -0.754. The Bertz CT molecular complexity index is 823. The lowest BCUT2D eigenvalue weighted by atomic mass is 10.1. The van der Waals surface area contributed by atoms with Gasteiger partial charge in [0.1, 0.15) is 11.9 Å². The summed E-state index contributed by atoms with van der Waals surface area (Å²) in [5.74, 6) is -0.233. The van der Waals surface area contributed by atoms with Gasteiger partial charge < -0.3 is 15.5 Å². The van der Waals surface area contributed by atoms with Crippen molar-refractivity contribution in [2.45, 2.75) is 13.0 Å². The number of aromatic hydroxyl groups is 1. The average Bonchev–Trinajstić information content (AvgIpc) is 2.99. The fourth-order valence-corrected chi connectivity index (χ4v) is 3.36. The first-order chi connectivity index (χ1) is 11.0. The maximum absolute atomic E-state index is 12.1.